The first-order chi connectivity index (χ1) is 6.40. The Kier molecular flexibility index (Phi) is 3.00. The van der Waals surface area contributed by atoms with Gasteiger partial charge in [0.2, 0.25) is 0 Å². The highest BCUT2D eigenvalue weighted by Gasteiger charge is 2.33. The maximum absolute atomic E-state index is 9.70. The Morgan fingerprint density at radius 2 is 2.00 bits per heavy atom. The summed E-state index contributed by atoms with van der Waals surface area (Å²) in [6.45, 7) is 7.92. The molecular formula is C11H19NO2. The van der Waals surface area contributed by atoms with E-state index in [1.165, 1.54) is 0 Å². The normalized spacial score (nSPS) is 26.8. The van der Waals surface area contributed by atoms with E-state index in [9.17, 15) is 5.11 Å². The minimum Gasteiger partial charge on any atom is -0.411 e. The van der Waals surface area contributed by atoms with Crippen molar-refractivity contribution in [2.24, 2.45) is 10.6 Å². The second kappa shape index (κ2) is 3.73. The summed E-state index contributed by atoms with van der Waals surface area (Å²) in [6, 6.07) is 0. The lowest BCUT2D eigenvalue weighted by molar-refractivity contribution is 0.191. The van der Waals surface area contributed by atoms with E-state index in [1.54, 1.807) is 6.92 Å². The first kappa shape index (κ1) is 11.2. The summed E-state index contributed by atoms with van der Waals surface area (Å²) in [5.41, 5.74) is 2.66. The predicted molar refractivity (Wildman–Crippen MR) is 56.6 cm³/mol. The monoisotopic (exact) mass is 197 g/mol. The van der Waals surface area contributed by atoms with Gasteiger partial charge in [-0.05, 0) is 43.3 Å². The molecule has 2 N–H and O–H groups in total. The smallest absolute Gasteiger partial charge is 0.0825 e. The maximum Gasteiger partial charge on any atom is 0.0825 e. The van der Waals surface area contributed by atoms with Crippen LogP contribution in [0.15, 0.2) is 16.3 Å². The van der Waals surface area contributed by atoms with E-state index in [-0.39, 0.29) is 5.41 Å². The molecule has 3 nitrogen and oxygen atoms in total. The van der Waals surface area contributed by atoms with Gasteiger partial charge in [-0.25, -0.2) is 0 Å². The molecular weight excluding hydrogens is 178 g/mol. The summed E-state index contributed by atoms with van der Waals surface area (Å²) < 4.78 is 0. The number of rotatable bonds is 1. The number of hydrogen-bond acceptors (Lipinski definition) is 3. The molecule has 0 heterocycles. The second-order valence-electron chi connectivity index (χ2n) is 4.65. The number of hydrogen-bond donors (Lipinski definition) is 2. The van der Waals surface area contributed by atoms with Crippen molar-refractivity contribution in [2.75, 3.05) is 0 Å². The third-order valence-corrected chi connectivity index (χ3v) is 3.09. The van der Waals surface area contributed by atoms with Gasteiger partial charge in [0, 0.05) is 0 Å². The highest BCUT2D eigenvalue weighted by Crippen LogP contribution is 2.40. The molecule has 1 aliphatic carbocycles. The molecule has 0 aliphatic heterocycles. The fraction of sp³-hybridized carbons (Fsp3) is 0.727. The van der Waals surface area contributed by atoms with Gasteiger partial charge in [-0.3, -0.25) is 0 Å². The minimum absolute atomic E-state index is 0.00639. The van der Waals surface area contributed by atoms with Crippen LogP contribution in [0.2, 0.25) is 0 Å². The molecule has 0 amide bonds. The van der Waals surface area contributed by atoms with Gasteiger partial charge < -0.3 is 10.3 Å². The Hall–Kier alpha value is -0.830. The zero-order valence-electron chi connectivity index (χ0n) is 9.33. The molecule has 0 spiro atoms. The van der Waals surface area contributed by atoms with Crippen LogP contribution >= 0.6 is 0 Å². The lowest BCUT2D eigenvalue weighted by Gasteiger charge is -2.36. The van der Waals surface area contributed by atoms with E-state index in [2.05, 4.69) is 19.0 Å². The van der Waals surface area contributed by atoms with Crippen LogP contribution in [0.3, 0.4) is 0 Å². The third kappa shape index (κ3) is 1.82. The molecule has 1 aliphatic rings. The van der Waals surface area contributed by atoms with Crippen molar-refractivity contribution in [2.45, 2.75) is 46.6 Å². The standard InChI is InChI=1S/C11H19NO2/c1-7-9(12-14)5-6-11(3,4)10(7)8(2)13/h8,13-14H,5-6H2,1-4H3. The van der Waals surface area contributed by atoms with Crippen molar-refractivity contribution < 1.29 is 10.3 Å². The van der Waals surface area contributed by atoms with Crippen molar-refractivity contribution in [3.63, 3.8) is 0 Å². The van der Waals surface area contributed by atoms with Gasteiger partial charge in [-0.1, -0.05) is 19.0 Å². The molecule has 0 saturated heterocycles. The maximum atomic E-state index is 9.70. The van der Waals surface area contributed by atoms with E-state index in [0.29, 0.717) is 5.71 Å². The number of aliphatic hydroxyl groups excluding tert-OH is 1. The first-order valence-corrected chi connectivity index (χ1v) is 5.00. The summed E-state index contributed by atoms with van der Waals surface area (Å²) in [5.74, 6) is 0. The van der Waals surface area contributed by atoms with Crippen LogP contribution in [-0.2, 0) is 0 Å². The number of aliphatic hydroxyl groups is 1. The Morgan fingerprint density at radius 1 is 1.43 bits per heavy atom. The highest BCUT2D eigenvalue weighted by atomic mass is 16.4. The lowest BCUT2D eigenvalue weighted by Crippen LogP contribution is -2.31. The largest absolute Gasteiger partial charge is 0.411 e. The van der Waals surface area contributed by atoms with Gasteiger partial charge in [-0.2, -0.15) is 0 Å². The Morgan fingerprint density at radius 3 is 2.43 bits per heavy atom. The van der Waals surface area contributed by atoms with Gasteiger partial charge in [0.1, 0.15) is 0 Å². The van der Waals surface area contributed by atoms with Gasteiger partial charge in [0.05, 0.1) is 11.8 Å². The topological polar surface area (TPSA) is 52.8 Å². The molecule has 0 radical (unpaired) electrons. The minimum atomic E-state index is -0.470. The summed E-state index contributed by atoms with van der Waals surface area (Å²) in [4.78, 5) is 0. The van der Waals surface area contributed by atoms with Crippen molar-refractivity contribution in [3.05, 3.63) is 11.1 Å². The summed E-state index contributed by atoms with van der Waals surface area (Å²) in [7, 11) is 0. The summed E-state index contributed by atoms with van der Waals surface area (Å²) in [5, 5.41) is 21.8. The van der Waals surface area contributed by atoms with Crippen molar-refractivity contribution in [3.8, 4) is 0 Å². The highest BCUT2D eigenvalue weighted by molar-refractivity contribution is 6.01. The van der Waals surface area contributed by atoms with E-state index in [4.69, 9.17) is 5.21 Å². The zero-order chi connectivity index (χ0) is 10.9. The van der Waals surface area contributed by atoms with Crippen molar-refractivity contribution >= 4 is 5.71 Å². The molecule has 80 valence electrons. The molecule has 0 saturated carbocycles. The molecule has 0 aromatic heterocycles. The molecule has 0 aromatic carbocycles. The average molecular weight is 197 g/mol. The molecule has 3 heteroatoms. The Balaban J connectivity index is 3.22. The van der Waals surface area contributed by atoms with Crippen LogP contribution in [0.25, 0.3) is 0 Å². The van der Waals surface area contributed by atoms with Gasteiger partial charge in [0.15, 0.2) is 0 Å². The molecule has 1 unspecified atom stereocenters. The van der Waals surface area contributed by atoms with E-state index in [0.717, 1.165) is 24.0 Å². The Bertz CT molecular complexity index is 288. The number of nitrogens with zero attached hydrogens (tertiary/aromatic N) is 1. The van der Waals surface area contributed by atoms with Crippen molar-refractivity contribution in [1.29, 1.82) is 0 Å². The first-order valence-electron chi connectivity index (χ1n) is 5.00. The molecule has 0 bridgehead atoms. The SMILES string of the molecule is CC1=C(C(C)O)C(C)(C)CCC1=NO. The predicted octanol–water partition coefficient (Wildman–Crippen LogP) is 2.33. The van der Waals surface area contributed by atoms with Gasteiger partial charge >= 0.3 is 0 Å². The molecule has 1 atom stereocenters. The van der Waals surface area contributed by atoms with E-state index >= 15 is 0 Å². The number of oxime groups is 1. The Labute approximate surface area is 85.1 Å². The van der Waals surface area contributed by atoms with Gasteiger partial charge in [0.25, 0.3) is 0 Å². The second-order valence-corrected chi connectivity index (χ2v) is 4.65. The van der Waals surface area contributed by atoms with Crippen LogP contribution in [0.4, 0.5) is 0 Å². The van der Waals surface area contributed by atoms with E-state index < -0.39 is 6.10 Å². The quantitative estimate of drug-likeness (QED) is 0.500. The van der Waals surface area contributed by atoms with Crippen LogP contribution in [0.1, 0.15) is 40.5 Å². The van der Waals surface area contributed by atoms with Crippen LogP contribution in [-0.4, -0.2) is 22.1 Å². The van der Waals surface area contributed by atoms with Crippen LogP contribution in [0, 0.1) is 5.41 Å². The third-order valence-electron chi connectivity index (χ3n) is 3.09. The fourth-order valence-electron chi connectivity index (χ4n) is 2.42. The van der Waals surface area contributed by atoms with Crippen molar-refractivity contribution in [1.82, 2.24) is 0 Å². The molecule has 1 rings (SSSR count). The van der Waals surface area contributed by atoms with Crippen LogP contribution in [0.5, 0.6) is 0 Å². The van der Waals surface area contributed by atoms with E-state index in [1.807, 2.05) is 6.92 Å². The summed E-state index contributed by atoms with van der Waals surface area (Å²) in [6.07, 6.45) is 1.23. The average Bonchev–Trinajstić information content (AvgIpc) is 2.02. The number of allylic oxidation sites excluding steroid dienone is 1. The molecule has 0 aromatic rings. The molecule has 14 heavy (non-hydrogen) atoms. The molecule has 0 fully saturated rings. The zero-order valence-corrected chi connectivity index (χ0v) is 9.33. The van der Waals surface area contributed by atoms with Gasteiger partial charge in [-0.15, -0.1) is 0 Å². The lowest BCUT2D eigenvalue weighted by atomic mass is 9.70. The fourth-order valence-corrected chi connectivity index (χ4v) is 2.42. The van der Waals surface area contributed by atoms with Crippen LogP contribution < -0.4 is 0 Å². The summed E-state index contributed by atoms with van der Waals surface area (Å²) >= 11 is 0.